The zero-order valence-corrected chi connectivity index (χ0v) is 16.5. The van der Waals surface area contributed by atoms with E-state index in [4.69, 9.17) is 28.3 Å². The smallest absolute Gasteiger partial charge is 0.133 e. The second-order valence-electron chi connectivity index (χ2n) is 6.81. The molecule has 26 heavy (non-hydrogen) atoms. The van der Waals surface area contributed by atoms with Crippen molar-refractivity contribution < 1.29 is 0 Å². The summed E-state index contributed by atoms with van der Waals surface area (Å²) in [5, 5.41) is 9.92. The molecule has 0 radical (unpaired) electrons. The highest BCUT2D eigenvalue weighted by molar-refractivity contribution is 6.35. The van der Waals surface area contributed by atoms with Gasteiger partial charge in [-0.05, 0) is 68.5 Å². The molecule has 0 atom stereocenters. The van der Waals surface area contributed by atoms with Crippen molar-refractivity contribution in [3.8, 4) is 16.9 Å². The van der Waals surface area contributed by atoms with Crippen LogP contribution in [0.3, 0.4) is 0 Å². The number of hydrogen-bond donors (Lipinski definition) is 1. The van der Waals surface area contributed by atoms with Gasteiger partial charge in [0.2, 0.25) is 0 Å². The maximum Gasteiger partial charge on any atom is 0.133 e. The molecule has 0 amide bonds. The van der Waals surface area contributed by atoms with Crippen LogP contribution in [-0.4, -0.2) is 16.3 Å². The summed E-state index contributed by atoms with van der Waals surface area (Å²) in [6.45, 7) is 5.22. The van der Waals surface area contributed by atoms with E-state index in [-0.39, 0.29) is 0 Å². The monoisotopic (exact) mass is 385 g/mol. The predicted octanol–water partition coefficient (Wildman–Crippen LogP) is 6.21. The van der Waals surface area contributed by atoms with E-state index in [1.54, 1.807) is 0 Å². The molecule has 0 spiro atoms. The van der Waals surface area contributed by atoms with Crippen LogP contribution < -0.4 is 5.32 Å². The lowest BCUT2D eigenvalue weighted by molar-refractivity contribution is 0.779. The van der Waals surface area contributed by atoms with E-state index in [9.17, 15) is 0 Å². The van der Waals surface area contributed by atoms with Gasteiger partial charge in [-0.15, -0.1) is 0 Å². The van der Waals surface area contributed by atoms with Crippen LogP contribution in [0.5, 0.6) is 0 Å². The highest BCUT2D eigenvalue weighted by atomic mass is 35.5. The van der Waals surface area contributed by atoms with Gasteiger partial charge >= 0.3 is 0 Å². The number of rotatable bonds is 2. The molecular weight excluding hydrogens is 365 g/mol. The molecule has 5 heteroatoms. The molecule has 0 fully saturated rings. The molecular formula is C21H21Cl2N3. The summed E-state index contributed by atoms with van der Waals surface area (Å²) in [4.78, 5) is 0. The third kappa shape index (κ3) is 3.00. The average molecular weight is 386 g/mol. The molecule has 3 aromatic rings. The summed E-state index contributed by atoms with van der Waals surface area (Å²) in [6, 6.07) is 11.9. The molecule has 0 unspecified atom stereocenters. The molecule has 1 aliphatic rings. The lowest BCUT2D eigenvalue weighted by atomic mass is 10.0. The van der Waals surface area contributed by atoms with Crippen molar-refractivity contribution in [1.82, 2.24) is 9.78 Å². The summed E-state index contributed by atoms with van der Waals surface area (Å²) in [7, 11) is 0. The van der Waals surface area contributed by atoms with Gasteiger partial charge in [0.15, 0.2) is 0 Å². The molecule has 1 N–H and O–H groups in total. The molecule has 0 aliphatic carbocycles. The topological polar surface area (TPSA) is 29.9 Å². The Balaban J connectivity index is 1.98. The Kier molecular flexibility index (Phi) is 4.68. The van der Waals surface area contributed by atoms with E-state index in [0.29, 0.717) is 10.0 Å². The fourth-order valence-electron chi connectivity index (χ4n) is 3.54. The van der Waals surface area contributed by atoms with Crippen LogP contribution in [0.2, 0.25) is 10.0 Å². The number of fused-ring (bicyclic) bond motifs is 1. The van der Waals surface area contributed by atoms with E-state index in [1.165, 1.54) is 16.7 Å². The van der Waals surface area contributed by atoms with Gasteiger partial charge in [-0.2, -0.15) is 5.10 Å². The van der Waals surface area contributed by atoms with Crippen LogP contribution in [0.1, 0.15) is 29.5 Å². The van der Waals surface area contributed by atoms with E-state index < -0.39 is 0 Å². The van der Waals surface area contributed by atoms with Crippen LogP contribution in [0.15, 0.2) is 36.4 Å². The predicted molar refractivity (Wildman–Crippen MR) is 110 cm³/mol. The van der Waals surface area contributed by atoms with E-state index in [1.807, 2.05) is 22.9 Å². The third-order valence-electron chi connectivity index (χ3n) is 5.12. The largest absolute Gasteiger partial charge is 0.370 e. The molecule has 2 aromatic carbocycles. The molecule has 0 saturated carbocycles. The lowest BCUT2D eigenvalue weighted by Crippen LogP contribution is -2.08. The third-order valence-corrected chi connectivity index (χ3v) is 5.68. The van der Waals surface area contributed by atoms with Gasteiger partial charge in [-0.1, -0.05) is 35.3 Å². The molecule has 0 saturated heterocycles. The Labute approximate surface area is 163 Å². The Morgan fingerprint density at radius 2 is 1.92 bits per heavy atom. The molecule has 4 rings (SSSR count). The van der Waals surface area contributed by atoms with Crippen molar-refractivity contribution in [3.05, 3.63) is 63.1 Å². The Morgan fingerprint density at radius 1 is 1.08 bits per heavy atom. The summed E-state index contributed by atoms with van der Waals surface area (Å²) in [6.07, 6.45) is 3.25. The van der Waals surface area contributed by atoms with Gasteiger partial charge < -0.3 is 5.32 Å². The summed E-state index contributed by atoms with van der Waals surface area (Å²) >= 11 is 12.7. The fraction of sp³-hybridized carbons (Fsp3) is 0.286. The van der Waals surface area contributed by atoms with Crippen molar-refractivity contribution in [3.63, 3.8) is 0 Å². The van der Waals surface area contributed by atoms with Crippen molar-refractivity contribution in [1.29, 1.82) is 0 Å². The van der Waals surface area contributed by atoms with E-state index >= 15 is 0 Å². The van der Waals surface area contributed by atoms with Crippen LogP contribution in [-0.2, 0) is 6.42 Å². The van der Waals surface area contributed by atoms with Gasteiger partial charge in [0.05, 0.1) is 16.4 Å². The second-order valence-corrected chi connectivity index (χ2v) is 7.66. The summed E-state index contributed by atoms with van der Waals surface area (Å²) in [5.74, 6) is 1.07. The Morgan fingerprint density at radius 3 is 2.77 bits per heavy atom. The quantitative estimate of drug-likeness (QED) is 0.567. The Hall–Kier alpha value is -1.97. The van der Waals surface area contributed by atoms with Gasteiger partial charge in [0.1, 0.15) is 5.82 Å². The van der Waals surface area contributed by atoms with Gasteiger partial charge in [0.25, 0.3) is 0 Å². The average Bonchev–Trinajstić information content (AvgIpc) is 2.81. The zero-order valence-electron chi connectivity index (χ0n) is 14.9. The number of halogens is 2. The minimum absolute atomic E-state index is 0.668. The lowest BCUT2D eigenvalue weighted by Gasteiger charge is -2.13. The molecule has 2 heterocycles. The number of aryl methyl sites for hydroxylation is 1. The maximum absolute atomic E-state index is 6.50. The number of hydrogen-bond acceptors (Lipinski definition) is 2. The molecule has 134 valence electrons. The molecule has 1 aromatic heterocycles. The normalized spacial score (nSPS) is 13.8. The van der Waals surface area contributed by atoms with Gasteiger partial charge in [0, 0.05) is 22.7 Å². The van der Waals surface area contributed by atoms with Crippen molar-refractivity contribution >= 4 is 29.0 Å². The van der Waals surface area contributed by atoms with Crippen LogP contribution in [0.4, 0.5) is 5.82 Å². The fourth-order valence-corrected chi connectivity index (χ4v) is 3.92. The minimum atomic E-state index is 0.668. The number of nitrogens with zero attached hydrogens (tertiary/aromatic N) is 2. The van der Waals surface area contributed by atoms with Gasteiger partial charge in [-0.25, -0.2) is 4.68 Å². The van der Waals surface area contributed by atoms with Crippen LogP contribution in [0, 0.1) is 13.8 Å². The molecule has 3 nitrogen and oxygen atoms in total. The number of nitrogens with one attached hydrogen (secondary N) is 1. The van der Waals surface area contributed by atoms with Crippen molar-refractivity contribution in [2.45, 2.75) is 33.1 Å². The molecule has 1 aliphatic heterocycles. The highest BCUT2D eigenvalue weighted by Crippen LogP contribution is 2.38. The van der Waals surface area contributed by atoms with Crippen LogP contribution in [0.25, 0.3) is 16.9 Å². The van der Waals surface area contributed by atoms with Crippen LogP contribution >= 0.6 is 23.2 Å². The summed E-state index contributed by atoms with van der Waals surface area (Å²) < 4.78 is 2.04. The van der Waals surface area contributed by atoms with Gasteiger partial charge in [-0.3, -0.25) is 0 Å². The first-order chi connectivity index (χ1) is 12.6. The number of anilines is 1. The number of benzene rings is 2. The Bertz CT molecular complexity index is 949. The first-order valence-electron chi connectivity index (χ1n) is 8.94. The molecule has 0 bridgehead atoms. The zero-order chi connectivity index (χ0) is 18.3. The number of aromatic nitrogens is 2. The van der Waals surface area contributed by atoms with E-state index in [0.717, 1.165) is 48.6 Å². The summed E-state index contributed by atoms with van der Waals surface area (Å²) in [5.41, 5.74) is 6.61. The maximum atomic E-state index is 6.50. The van der Waals surface area contributed by atoms with Crippen molar-refractivity contribution in [2.75, 3.05) is 11.9 Å². The highest BCUT2D eigenvalue weighted by Gasteiger charge is 2.23. The first-order valence-corrected chi connectivity index (χ1v) is 9.69. The SMILES string of the molecule is Cc1cccc(-n2nc(-c3cc(Cl)ccc3Cl)c3c2NCCCC3)c1C. The standard InChI is InChI=1S/C21H21Cl2N3/c1-13-6-5-8-19(14(13)2)26-21-16(7-3-4-11-24-21)20(25-26)17-12-15(22)9-10-18(17)23/h5-6,8-10,12,24H,3-4,7,11H2,1-2H3. The first kappa shape index (κ1) is 17.4. The second kappa shape index (κ2) is 6.98. The van der Waals surface area contributed by atoms with Crippen molar-refractivity contribution in [2.24, 2.45) is 0 Å². The minimum Gasteiger partial charge on any atom is -0.370 e. The van der Waals surface area contributed by atoms with E-state index in [2.05, 4.69) is 37.4 Å².